The average Bonchev–Trinajstić information content (AvgIpc) is 2.22. The lowest BCUT2D eigenvalue weighted by molar-refractivity contribution is 0.619. The second kappa shape index (κ2) is 5.34. The van der Waals surface area contributed by atoms with E-state index in [1.165, 1.54) is 0 Å². The first kappa shape index (κ1) is 12.3. The van der Waals surface area contributed by atoms with Crippen LogP contribution < -0.4 is 0 Å². The Morgan fingerprint density at radius 1 is 1.44 bits per heavy atom. The van der Waals surface area contributed by atoms with E-state index < -0.39 is 0 Å². The fourth-order valence-corrected chi connectivity index (χ4v) is 1.29. The highest BCUT2D eigenvalue weighted by molar-refractivity contribution is 5.82. The predicted octanol–water partition coefficient (Wildman–Crippen LogP) is 3.40. The van der Waals surface area contributed by atoms with Crippen molar-refractivity contribution in [2.75, 3.05) is 14.1 Å². The molecule has 1 rings (SSSR count). The van der Waals surface area contributed by atoms with Gasteiger partial charge in [-0.25, -0.2) is 4.99 Å². The molecule has 0 bridgehead atoms. The van der Waals surface area contributed by atoms with E-state index >= 15 is 0 Å². The lowest BCUT2D eigenvalue weighted by Crippen LogP contribution is -2.17. The van der Waals surface area contributed by atoms with E-state index in [4.69, 9.17) is 0 Å². The maximum Gasteiger partial charge on any atom is 0.101 e. The van der Waals surface area contributed by atoms with E-state index in [2.05, 4.69) is 30.3 Å². The molecule has 0 atom stereocenters. The summed E-state index contributed by atoms with van der Waals surface area (Å²) in [5.41, 5.74) is 6.04. The van der Waals surface area contributed by atoms with Crippen molar-refractivity contribution >= 4 is 17.6 Å². The molecule has 2 heteroatoms. The molecule has 0 N–H and O–H groups in total. The summed E-state index contributed by atoms with van der Waals surface area (Å²) in [5, 5.41) is 0. The van der Waals surface area contributed by atoms with Gasteiger partial charge >= 0.3 is 0 Å². The van der Waals surface area contributed by atoms with Gasteiger partial charge in [0, 0.05) is 14.1 Å². The Hall–Kier alpha value is -1.79. The molecule has 1 aromatic rings. The summed E-state index contributed by atoms with van der Waals surface area (Å²) in [6, 6.07) is 6.12. The molecule has 0 aliphatic carbocycles. The van der Waals surface area contributed by atoms with Crippen molar-refractivity contribution in [1.82, 2.24) is 4.90 Å². The topological polar surface area (TPSA) is 15.6 Å². The zero-order valence-electron chi connectivity index (χ0n) is 10.4. The van der Waals surface area contributed by atoms with Crippen LogP contribution in [0.4, 0.5) is 5.69 Å². The fraction of sp³-hybridized carbons (Fsp3) is 0.286. The number of benzene rings is 1. The Morgan fingerprint density at radius 2 is 2.12 bits per heavy atom. The van der Waals surface area contributed by atoms with Gasteiger partial charge in [0.1, 0.15) is 5.84 Å². The van der Waals surface area contributed by atoms with E-state index in [0.717, 1.165) is 22.6 Å². The van der Waals surface area contributed by atoms with Crippen LogP contribution in [0.25, 0.3) is 6.08 Å². The maximum atomic E-state index is 4.55. The molecule has 0 aliphatic rings. The van der Waals surface area contributed by atoms with Crippen LogP contribution in [-0.2, 0) is 0 Å². The molecule has 0 aromatic heterocycles. The van der Waals surface area contributed by atoms with Gasteiger partial charge in [-0.15, -0.1) is 5.73 Å². The van der Waals surface area contributed by atoms with Crippen LogP contribution in [0.1, 0.15) is 18.1 Å². The van der Waals surface area contributed by atoms with Crippen LogP contribution in [0.5, 0.6) is 0 Å². The van der Waals surface area contributed by atoms with Crippen molar-refractivity contribution in [1.29, 1.82) is 0 Å². The summed E-state index contributed by atoms with van der Waals surface area (Å²) in [6.45, 7) is 7.62. The van der Waals surface area contributed by atoms with E-state index in [1.807, 2.05) is 44.1 Å². The molecule has 84 valence electrons. The van der Waals surface area contributed by atoms with Gasteiger partial charge in [0.15, 0.2) is 0 Å². The van der Waals surface area contributed by atoms with Crippen molar-refractivity contribution in [3.8, 4) is 0 Å². The van der Waals surface area contributed by atoms with Crippen molar-refractivity contribution in [3.05, 3.63) is 41.6 Å². The van der Waals surface area contributed by atoms with Gasteiger partial charge < -0.3 is 4.90 Å². The van der Waals surface area contributed by atoms with Gasteiger partial charge in [-0.2, -0.15) is 0 Å². The minimum absolute atomic E-state index is 0.995. The number of hydrogen-bond donors (Lipinski definition) is 0. The molecule has 16 heavy (non-hydrogen) atoms. The Labute approximate surface area is 97.6 Å². The van der Waals surface area contributed by atoms with Crippen molar-refractivity contribution < 1.29 is 0 Å². The fourth-order valence-electron chi connectivity index (χ4n) is 1.29. The Bertz CT molecular complexity index is 450. The number of amidine groups is 1. The van der Waals surface area contributed by atoms with E-state index in [-0.39, 0.29) is 0 Å². The molecule has 0 fully saturated rings. The average molecular weight is 214 g/mol. The quantitative estimate of drug-likeness (QED) is 0.418. The van der Waals surface area contributed by atoms with Gasteiger partial charge in [0.25, 0.3) is 0 Å². The Morgan fingerprint density at radius 3 is 2.62 bits per heavy atom. The summed E-state index contributed by atoms with van der Waals surface area (Å²) in [4.78, 5) is 6.55. The van der Waals surface area contributed by atoms with Gasteiger partial charge in [-0.1, -0.05) is 12.6 Å². The first-order valence-corrected chi connectivity index (χ1v) is 5.23. The van der Waals surface area contributed by atoms with Crippen LogP contribution in [0.15, 0.2) is 35.5 Å². The molecular weight excluding hydrogens is 196 g/mol. The third-order valence-corrected chi connectivity index (χ3v) is 2.42. The highest BCUT2D eigenvalue weighted by Gasteiger charge is 1.99. The molecule has 0 amide bonds. The zero-order valence-corrected chi connectivity index (χ0v) is 10.4. The number of aryl methyl sites for hydroxylation is 1. The first-order chi connectivity index (χ1) is 7.54. The van der Waals surface area contributed by atoms with Crippen molar-refractivity contribution in [3.63, 3.8) is 0 Å². The van der Waals surface area contributed by atoms with Crippen LogP contribution in [0, 0.1) is 6.92 Å². The number of nitrogens with zero attached hydrogens (tertiary/aromatic N) is 2. The molecule has 0 spiro atoms. The molecular formula is C14H18N2. The smallest absolute Gasteiger partial charge is 0.101 e. The van der Waals surface area contributed by atoms with Crippen LogP contribution in [0.3, 0.4) is 0 Å². The van der Waals surface area contributed by atoms with Gasteiger partial charge in [-0.05, 0) is 43.2 Å². The SMILES string of the molecule is C=C=Cc1ccc(N=C(C)N(C)C)c(C)c1. The van der Waals surface area contributed by atoms with Gasteiger partial charge in [-0.3, -0.25) is 0 Å². The standard InChI is InChI=1S/C14H18N2/c1-6-7-13-8-9-14(11(2)10-13)15-12(3)16(4)5/h7-10H,1H2,2-5H3. The summed E-state index contributed by atoms with van der Waals surface area (Å²) in [7, 11) is 3.98. The summed E-state index contributed by atoms with van der Waals surface area (Å²) in [6.07, 6.45) is 1.86. The summed E-state index contributed by atoms with van der Waals surface area (Å²) >= 11 is 0. The third-order valence-electron chi connectivity index (χ3n) is 2.42. The first-order valence-electron chi connectivity index (χ1n) is 5.23. The predicted molar refractivity (Wildman–Crippen MR) is 71.2 cm³/mol. The molecule has 0 aliphatic heterocycles. The van der Waals surface area contributed by atoms with Crippen LogP contribution >= 0.6 is 0 Å². The zero-order chi connectivity index (χ0) is 12.1. The third kappa shape index (κ3) is 3.11. The molecule has 0 saturated carbocycles. The Balaban J connectivity index is 3.09. The Kier molecular flexibility index (Phi) is 4.10. The largest absolute Gasteiger partial charge is 0.366 e. The van der Waals surface area contributed by atoms with Gasteiger partial charge in [0.05, 0.1) is 5.69 Å². The lowest BCUT2D eigenvalue weighted by Gasteiger charge is -2.11. The monoisotopic (exact) mass is 214 g/mol. The van der Waals surface area contributed by atoms with Crippen molar-refractivity contribution in [2.24, 2.45) is 4.99 Å². The minimum atomic E-state index is 0.995. The van der Waals surface area contributed by atoms with Gasteiger partial charge in [0.2, 0.25) is 0 Å². The number of hydrogen-bond acceptors (Lipinski definition) is 1. The van der Waals surface area contributed by atoms with E-state index in [0.29, 0.717) is 0 Å². The second-order valence-corrected chi connectivity index (χ2v) is 3.95. The molecule has 1 aromatic carbocycles. The summed E-state index contributed by atoms with van der Waals surface area (Å²) in [5.74, 6) is 0.995. The highest BCUT2D eigenvalue weighted by atomic mass is 15.1. The number of rotatable bonds is 2. The van der Waals surface area contributed by atoms with E-state index in [1.54, 1.807) is 0 Å². The van der Waals surface area contributed by atoms with Crippen molar-refractivity contribution in [2.45, 2.75) is 13.8 Å². The lowest BCUT2D eigenvalue weighted by atomic mass is 10.1. The second-order valence-electron chi connectivity index (χ2n) is 3.95. The minimum Gasteiger partial charge on any atom is -0.366 e. The normalized spacial score (nSPS) is 10.9. The molecule has 0 heterocycles. The molecule has 2 nitrogen and oxygen atoms in total. The maximum absolute atomic E-state index is 4.55. The molecule has 0 unspecified atom stereocenters. The highest BCUT2D eigenvalue weighted by Crippen LogP contribution is 2.20. The van der Waals surface area contributed by atoms with Crippen LogP contribution in [-0.4, -0.2) is 24.8 Å². The van der Waals surface area contributed by atoms with E-state index in [9.17, 15) is 0 Å². The molecule has 0 radical (unpaired) electrons. The number of aliphatic imine (C=N–C) groups is 1. The summed E-state index contributed by atoms with van der Waals surface area (Å²) < 4.78 is 0. The molecule has 0 saturated heterocycles. The van der Waals surface area contributed by atoms with Crippen LogP contribution in [0.2, 0.25) is 0 Å².